The maximum absolute atomic E-state index is 12.4. The molecule has 7 heteroatoms. The van der Waals surface area contributed by atoms with E-state index in [2.05, 4.69) is 21.9 Å². The molecule has 2 aromatic carbocycles. The number of piperidine rings is 1. The molecule has 1 saturated heterocycles. The third-order valence-electron chi connectivity index (χ3n) is 5.30. The second-order valence-corrected chi connectivity index (χ2v) is 9.17. The first kappa shape index (κ1) is 21.3. The number of nitrogens with one attached hydrogen (secondary N) is 2. The van der Waals surface area contributed by atoms with Gasteiger partial charge in [0, 0.05) is 30.4 Å². The molecular weight excluding hydrogens is 386 g/mol. The van der Waals surface area contributed by atoms with Gasteiger partial charge in [0.1, 0.15) is 0 Å². The minimum absolute atomic E-state index is 0.144. The summed E-state index contributed by atoms with van der Waals surface area (Å²) in [6.45, 7) is 5.05. The lowest BCUT2D eigenvalue weighted by Gasteiger charge is -2.33. The van der Waals surface area contributed by atoms with Gasteiger partial charge in [-0.25, -0.2) is 8.42 Å². The van der Waals surface area contributed by atoms with Gasteiger partial charge in [-0.15, -0.1) is 0 Å². The van der Waals surface area contributed by atoms with Gasteiger partial charge in [-0.3, -0.25) is 9.52 Å². The Labute approximate surface area is 173 Å². The van der Waals surface area contributed by atoms with Gasteiger partial charge < -0.3 is 10.2 Å². The number of rotatable bonds is 8. The zero-order chi connectivity index (χ0) is 20.7. The molecule has 1 aliphatic rings. The standard InChI is InChI=1S/C22H29N3O3S/c1-18-8-5-6-16-25(18)17-7-15-23-22(26)19-11-13-20(14-12-19)24-29(27,28)21-9-3-2-4-10-21/h2-4,9-14,18,24H,5-8,15-17H2,1H3,(H,23,26). The Morgan fingerprint density at radius 1 is 1.07 bits per heavy atom. The van der Waals surface area contributed by atoms with E-state index < -0.39 is 10.0 Å². The number of anilines is 1. The number of carbonyl (C=O) groups is 1. The second kappa shape index (κ2) is 9.89. The quantitative estimate of drug-likeness (QED) is 0.647. The summed E-state index contributed by atoms with van der Waals surface area (Å²) in [6.07, 6.45) is 4.75. The first-order valence-electron chi connectivity index (χ1n) is 10.2. The highest BCUT2D eigenvalue weighted by Gasteiger charge is 2.17. The van der Waals surface area contributed by atoms with Crippen molar-refractivity contribution in [3.63, 3.8) is 0 Å². The molecule has 2 N–H and O–H groups in total. The number of amides is 1. The van der Waals surface area contributed by atoms with Crippen molar-refractivity contribution < 1.29 is 13.2 Å². The summed E-state index contributed by atoms with van der Waals surface area (Å²) >= 11 is 0. The molecule has 0 bridgehead atoms. The molecule has 1 amide bonds. The third-order valence-corrected chi connectivity index (χ3v) is 6.70. The van der Waals surface area contributed by atoms with Crippen LogP contribution in [0.4, 0.5) is 5.69 Å². The zero-order valence-corrected chi connectivity index (χ0v) is 17.6. The van der Waals surface area contributed by atoms with E-state index in [0.29, 0.717) is 23.8 Å². The van der Waals surface area contributed by atoms with Gasteiger partial charge in [-0.2, -0.15) is 0 Å². The van der Waals surface area contributed by atoms with E-state index in [9.17, 15) is 13.2 Å². The van der Waals surface area contributed by atoms with Crippen LogP contribution in [-0.4, -0.2) is 44.9 Å². The lowest BCUT2D eigenvalue weighted by molar-refractivity contribution is 0.0949. The highest BCUT2D eigenvalue weighted by molar-refractivity contribution is 7.92. The molecule has 2 aromatic rings. The Hall–Kier alpha value is -2.38. The van der Waals surface area contributed by atoms with Crippen LogP contribution in [0.5, 0.6) is 0 Å². The van der Waals surface area contributed by atoms with Gasteiger partial charge in [0.25, 0.3) is 15.9 Å². The van der Waals surface area contributed by atoms with Crippen LogP contribution in [0.25, 0.3) is 0 Å². The molecule has 1 fully saturated rings. The van der Waals surface area contributed by atoms with E-state index in [0.717, 1.165) is 19.5 Å². The summed E-state index contributed by atoms with van der Waals surface area (Å²) in [5.41, 5.74) is 0.934. The number of sulfonamides is 1. The summed E-state index contributed by atoms with van der Waals surface area (Å²) in [5, 5.41) is 2.94. The van der Waals surface area contributed by atoms with Gasteiger partial charge in [-0.1, -0.05) is 24.6 Å². The van der Waals surface area contributed by atoms with Gasteiger partial charge in [-0.05, 0) is 69.1 Å². The highest BCUT2D eigenvalue weighted by atomic mass is 32.2. The van der Waals surface area contributed by atoms with Crippen molar-refractivity contribution in [3.05, 3.63) is 60.2 Å². The van der Waals surface area contributed by atoms with E-state index in [4.69, 9.17) is 0 Å². The first-order valence-corrected chi connectivity index (χ1v) is 11.6. The molecule has 1 aliphatic heterocycles. The smallest absolute Gasteiger partial charge is 0.261 e. The number of likely N-dealkylation sites (tertiary alicyclic amines) is 1. The molecule has 3 rings (SSSR count). The van der Waals surface area contributed by atoms with Crippen molar-refractivity contribution in [3.8, 4) is 0 Å². The van der Waals surface area contributed by atoms with Crippen molar-refractivity contribution in [2.75, 3.05) is 24.4 Å². The summed E-state index contributed by atoms with van der Waals surface area (Å²) in [6, 6.07) is 15.3. The maximum Gasteiger partial charge on any atom is 0.261 e. The van der Waals surface area contributed by atoms with Gasteiger partial charge in [0.05, 0.1) is 4.90 Å². The SMILES string of the molecule is CC1CCCCN1CCCNC(=O)c1ccc(NS(=O)(=O)c2ccccc2)cc1. The molecule has 1 atom stereocenters. The number of carbonyl (C=O) groups excluding carboxylic acids is 1. The predicted octanol–water partition coefficient (Wildman–Crippen LogP) is 3.48. The van der Waals surface area contributed by atoms with Crippen LogP contribution in [0.15, 0.2) is 59.5 Å². The highest BCUT2D eigenvalue weighted by Crippen LogP contribution is 2.17. The van der Waals surface area contributed by atoms with Crippen molar-refractivity contribution in [1.29, 1.82) is 0 Å². The van der Waals surface area contributed by atoms with Gasteiger partial charge >= 0.3 is 0 Å². The molecule has 1 unspecified atom stereocenters. The average molecular weight is 416 g/mol. The molecule has 0 spiro atoms. The van der Waals surface area contributed by atoms with Crippen molar-refractivity contribution in [1.82, 2.24) is 10.2 Å². The lowest BCUT2D eigenvalue weighted by atomic mass is 10.0. The van der Waals surface area contributed by atoms with E-state index in [1.165, 1.54) is 31.4 Å². The van der Waals surface area contributed by atoms with E-state index in [1.807, 2.05) is 0 Å². The van der Waals surface area contributed by atoms with Crippen LogP contribution in [-0.2, 0) is 10.0 Å². The van der Waals surface area contributed by atoms with Gasteiger partial charge in [0.2, 0.25) is 0 Å². The lowest BCUT2D eigenvalue weighted by Crippen LogP contribution is -2.39. The Morgan fingerprint density at radius 3 is 2.48 bits per heavy atom. The molecule has 0 saturated carbocycles. The van der Waals surface area contributed by atoms with Crippen molar-refractivity contribution >= 4 is 21.6 Å². The van der Waals surface area contributed by atoms with Crippen molar-refractivity contribution in [2.45, 2.75) is 43.5 Å². The van der Waals surface area contributed by atoms with E-state index in [-0.39, 0.29) is 10.8 Å². The van der Waals surface area contributed by atoms with Crippen molar-refractivity contribution in [2.24, 2.45) is 0 Å². The molecule has 156 valence electrons. The average Bonchev–Trinajstić information content (AvgIpc) is 2.73. The van der Waals surface area contributed by atoms with Gasteiger partial charge in [0.15, 0.2) is 0 Å². The Balaban J connectivity index is 1.47. The predicted molar refractivity (Wildman–Crippen MR) is 116 cm³/mol. The molecular formula is C22H29N3O3S. The molecule has 0 aromatic heterocycles. The summed E-state index contributed by atoms with van der Waals surface area (Å²) < 4.78 is 27.2. The first-order chi connectivity index (χ1) is 14.0. The number of hydrogen-bond donors (Lipinski definition) is 2. The zero-order valence-electron chi connectivity index (χ0n) is 16.8. The minimum Gasteiger partial charge on any atom is -0.352 e. The largest absolute Gasteiger partial charge is 0.352 e. The fraction of sp³-hybridized carbons (Fsp3) is 0.409. The van der Waals surface area contributed by atoms with E-state index in [1.54, 1.807) is 42.5 Å². The van der Waals surface area contributed by atoms with Crippen LogP contribution in [0.1, 0.15) is 43.0 Å². The minimum atomic E-state index is -3.63. The fourth-order valence-electron chi connectivity index (χ4n) is 3.58. The van der Waals surface area contributed by atoms with Crippen LogP contribution in [0.2, 0.25) is 0 Å². The van der Waals surface area contributed by atoms with Crippen LogP contribution >= 0.6 is 0 Å². The Morgan fingerprint density at radius 2 is 1.79 bits per heavy atom. The fourth-order valence-corrected chi connectivity index (χ4v) is 4.66. The molecule has 0 aliphatic carbocycles. The number of benzene rings is 2. The van der Waals surface area contributed by atoms with Crippen LogP contribution in [0.3, 0.4) is 0 Å². The molecule has 6 nitrogen and oxygen atoms in total. The Kier molecular flexibility index (Phi) is 7.28. The second-order valence-electron chi connectivity index (χ2n) is 7.49. The topological polar surface area (TPSA) is 78.5 Å². The van der Waals surface area contributed by atoms with Crippen LogP contribution < -0.4 is 10.0 Å². The molecule has 0 radical (unpaired) electrons. The number of nitrogens with zero attached hydrogens (tertiary/aromatic N) is 1. The summed E-state index contributed by atoms with van der Waals surface area (Å²) in [5.74, 6) is -0.144. The van der Waals surface area contributed by atoms with E-state index >= 15 is 0 Å². The third kappa shape index (κ3) is 6.05. The molecule has 29 heavy (non-hydrogen) atoms. The Bertz CT molecular complexity index is 899. The maximum atomic E-state index is 12.4. The van der Waals surface area contributed by atoms with Crippen LogP contribution in [0, 0.1) is 0 Å². The number of hydrogen-bond acceptors (Lipinski definition) is 4. The summed E-state index contributed by atoms with van der Waals surface area (Å²) in [4.78, 5) is 15.0. The normalized spacial score (nSPS) is 17.6. The summed E-state index contributed by atoms with van der Waals surface area (Å²) in [7, 11) is -3.63. The molecule has 1 heterocycles. The monoisotopic (exact) mass is 415 g/mol.